The largest absolute Gasteiger partial charge is 0.490 e. The molecule has 114 valence electrons. The van der Waals surface area contributed by atoms with Crippen LogP contribution in [0.15, 0.2) is 24.4 Å². The highest BCUT2D eigenvalue weighted by atomic mass is 16.5. The second-order valence-corrected chi connectivity index (χ2v) is 4.83. The first-order valence-corrected chi connectivity index (χ1v) is 7.42. The van der Waals surface area contributed by atoms with Gasteiger partial charge >= 0.3 is 0 Å². The quantitative estimate of drug-likeness (QED) is 0.783. The van der Waals surface area contributed by atoms with Gasteiger partial charge in [0.15, 0.2) is 11.5 Å². The van der Waals surface area contributed by atoms with Gasteiger partial charge in [-0.2, -0.15) is 5.10 Å². The van der Waals surface area contributed by atoms with Crippen LogP contribution in [0.1, 0.15) is 32.3 Å². The molecule has 1 aromatic heterocycles. The molecular weight excluding hydrogens is 266 g/mol. The fraction of sp³-hybridized carbons (Fsp3) is 0.438. The van der Waals surface area contributed by atoms with Crippen molar-refractivity contribution in [3.63, 3.8) is 0 Å². The van der Waals surface area contributed by atoms with E-state index in [-0.39, 0.29) is 0 Å². The van der Waals surface area contributed by atoms with Crippen molar-refractivity contribution in [1.29, 1.82) is 0 Å². The highest BCUT2D eigenvalue weighted by molar-refractivity contribution is 5.66. The molecule has 0 bridgehead atoms. The number of H-pyrrole nitrogens is 1. The van der Waals surface area contributed by atoms with Crippen molar-refractivity contribution in [3.05, 3.63) is 30.0 Å². The van der Waals surface area contributed by atoms with Crippen LogP contribution in [-0.2, 0) is 6.54 Å². The maximum absolute atomic E-state index is 5.81. The monoisotopic (exact) mass is 289 g/mol. The molecule has 1 aromatic carbocycles. The Hall–Kier alpha value is -2.01. The van der Waals surface area contributed by atoms with Gasteiger partial charge in [0.25, 0.3) is 0 Å². The number of ether oxygens (including phenoxy) is 2. The predicted molar refractivity (Wildman–Crippen MR) is 83.5 cm³/mol. The summed E-state index contributed by atoms with van der Waals surface area (Å²) in [7, 11) is 0. The van der Waals surface area contributed by atoms with Crippen LogP contribution in [0.2, 0.25) is 0 Å². The first-order chi connectivity index (χ1) is 10.3. The second-order valence-electron chi connectivity index (χ2n) is 4.83. The number of aromatic nitrogens is 2. The lowest BCUT2D eigenvalue weighted by molar-refractivity contribution is 0.268. The van der Waals surface area contributed by atoms with Crippen LogP contribution < -0.4 is 15.2 Å². The molecule has 0 aliphatic carbocycles. The Morgan fingerprint density at radius 3 is 2.48 bits per heavy atom. The van der Waals surface area contributed by atoms with Gasteiger partial charge < -0.3 is 15.2 Å². The van der Waals surface area contributed by atoms with Gasteiger partial charge in [-0.25, -0.2) is 0 Å². The maximum Gasteiger partial charge on any atom is 0.161 e. The molecule has 0 radical (unpaired) electrons. The Bertz CT molecular complexity index is 566. The molecule has 0 aliphatic heterocycles. The number of nitrogens with two attached hydrogens (primary N) is 1. The van der Waals surface area contributed by atoms with Gasteiger partial charge in [0.05, 0.1) is 25.1 Å². The molecule has 5 heteroatoms. The average Bonchev–Trinajstić information content (AvgIpc) is 2.99. The summed E-state index contributed by atoms with van der Waals surface area (Å²) < 4.78 is 11.5. The van der Waals surface area contributed by atoms with E-state index in [2.05, 4.69) is 24.0 Å². The van der Waals surface area contributed by atoms with E-state index in [0.29, 0.717) is 19.8 Å². The van der Waals surface area contributed by atoms with Gasteiger partial charge in [0.2, 0.25) is 0 Å². The molecule has 5 nitrogen and oxygen atoms in total. The Kier molecular flexibility index (Phi) is 5.63. The predicted octanol–water partition coefficient (Wildman–Crippen LogP) is 3.11. The summed E-state index contributed by atoms with van der Waals surface area (Å²) in [5.41, 5.74) is 8.65. The van der Waals surface area contributed by atoms with Crippen LogP contribution in [0.5, 0.6) is 11.5 Å². The van der Waals surface area contributed by atoms with Crippen molar-refractivity contribution in [2.24, 2.45) is 5.73 Å². The molecule has 0 unspecified atom stereocenters. The smallest absolute Gasteiger partial charge is 0.161 e. The minimum atomic E-state index is 0.449. The lowest BCUT2D eigenvalue weighted by Gasteiger charge is -2.13. The molecule has 2 rings (SSSR count). The van der Waals surface area contributed by atoms with Crippen molar-refractivity contribution >= 4 is 0 Å². The van der Waals surface area contributed by atoms with E-state index in [1.165, 1.54) is 0 Å². The Morgan fingerprint density at radius 1 is 1.10 bits per heavy atom. The van der Waals surface area contributed by atoms with Crippen molar-refractivity contribution in [2.75, 3.05) is 13.2 Å². The molecule has 2 aromatic rings. The lowest BCUT2D eigenvalue weighted by atomic mass is 10.1. The van der Waals surface area contributed by atoms with Crippen molar-refractivity contribution < 1.29 is 9.47 Å². The number of benzene rings is 1. The van der Waals surface area contributed by atoms with Crippen molar-refractivity contribution in [3.8, 4) is 22.8 Å². The zero-order valence-corrected chi connectivity index (χ0v) is 12.7. The van der Waals surface area contributed by atoms with E-state index >= 15 is 0 Å². The molecule has 0 fully saturated rings. The number of aromatic amines is 1. The summed E-state index contributed by atoms with van der Waals surface area (Å²) in [5, 5.41) is 7.05. The van der Waals surface area contributed by atoms with Crippen LogP contribution in [0, 0.1) is 0 Å². The second kappa shape index (κ2) is 7.69. The van der Waals surface area contributed by atoms with Gasteiger partial charge in [-0.1, -0.05) is 13.8 Å². The van der Waals surface area contributed by atoms with E-state index in [9.17, 15) is 0 Å². The first kappa shape index (κ1) is 15.4. The highest BCUT2D eigenvalue weighted by Gasteiger charge is 2.11. The van der Waals surface area contributed by atoms with Gasteiger partial charge in [-0.15, -0.1) is 0 Å². The van der Waals surface area contributed by atoms with Crippen LogP contribution >= 0.6 is 0 Å². The molecule has 0 saturated heterocycles. The number of rotatable bonds is 8. The Labute approximate surface area is 125 Å². The summed E-state index contributed by atoms with van der Waals surface area (Å²) in [6.45, 7) is 5.96. The zero-order valence-electron chi connectivity index (χ0n) is 12.7. The molecular formula is C16H23N3O2. The Morgan fingerprint density at radius 2 is 1.81 bits per heavy atom. The molecule has 0 saturated carbocycles. The normalized spacial score (nSPS) is 10.6. The molecule has 3 N–H and O–H groups in total. The van der Waals surface area contributed by atoms with Gasteiger partial charge in [0.1, 0.15) is 0 Å². The minimum Gasteiger partial charge on any atom is -0.490 e. The standard InChI is InChI=1S/C16H23N3O2/c1-3-7-20-14-6-5-12(9-15(14)21-8-4-2)16-13(10-17)11-18-19-16/h5-6,9,11H,3-4,7-8,10,17H2,1-2H3,(H,18,19). The molecule has 0 spiro atoms. The van der Waals surface area contributed by atoms with Crippen LogP contribution in [0.4, 0.5) is 0 Å². The third-order valence-corrected chi connectivity index (χ3v) is 3.09. The summed E-state index contributed by atoms with van der Waals surface area (Å²) in [6, 6.07) is 5.92. The first-order valence-electron chi connectivity index (χ1n) is 7.42. The highest BCUT2D eigenvalue weighted by Crippen LogP contribution is 2.33. The molecule has 0 atom stereocenters. The molecule has 0 aliphatic rings. The number of hydrogen-bond acceptors (Lipinski definition) is 4. The van der Waals surface area contributed by atoms with E-state index in [1.54, 1.807) is 6.20 Å². The number of hydrogen-bond donors (Lipinski definition) is 2. The summed E-state index contributed by atoms with van der Waals surface area (Å²) in [6.07, 6.45) is 3.67. The average molecular weight is 289 g/mol. The maximum atomic E-state index is 5.81. The summed E-state index contributed by atoms with van der Waals surface area (Å²) in [4.78, 5) is 0. The Balaban J connectivity index is 2.31. The van der Waals surface area contributed by atoms with Gasteiger partial charge in [-0.05, 0) is 31.0 Å². The molecule has 0 amide bonds. The molecule has 1 heterocycles. The fourth-order valence-electron chi connectivity index (χ4n) is 2.04. The summed E-state index contributed by atoms with van der Waals surface area (Å²) in [5.74, 6) is 1.54. The van der Waals surface area contributed by atoms with E-state index in [1.807, 2.05) is 18.2 Å². The fourth-order valence-corrected chi connectivity index (χ4v) is 2.04. The third-order valence-electron chi connectivity index (χ3n) is 3.09. The van der Waals surface area contributed by atoms with Gasteiger partial charge in [-0.3, -0.25) is 5.10 Å². The number of nitrogens with one attached hydrogen (secondary N) is 1. The SMILES string of the molecule is CCCOc1ccc(-c2[nH]ncc2CN)cc1OCCC. The third kappa shape index (κ3) is 3.76. The zero-order chi connectivity index (χ0) is 15.1. The topological polar surface area (TPSA) is 73.2 Å². The minimum absolute atomic E-state index is 0.449. The van der Waals surface area contributed by atoms with E-state index in [4.69, 9.17) is 15.2 Å². The van der Waals surface area contributed by atoms with Crippen LogP contribution in [0.3, 0.4) is 0 Å². The number of nitrogens with zero attached hydrogens (tertiary/aromatic N) is 1. The van der Waals surface area contributed by atoms with E-state index < -0.39 is 0 Å². The van der Waals surface area contributed by atoms with Crippen molar-refractivity contribution in [1.82, 2.24) is 10.2 Å². The van der Waals surface area contributed by atoms with Gasteiger partial charge in [0, 0.05) is 17.7 Å². The van der Waals surface area contributed by atoms with Crippen molar-refractivity contribution in [2.45, 2.75) is 33.2 Å². The van der Waals surface area contributed by atoms with Crippen LogP contribution in [0.25, 0.3) is 11.3 Å². The molecule has 21 heavy (non-hydrogen) atoms. The van der Waals surface area contributed by atoms with Crippen LogP contribution in [-0.4, -0.2) is 23.4 Å². The summed E-state index contributed by atoms with van der Waals surface area (Å²) >= 11 is 0. The van der Waals surface area contributed by atoms with E-state index in [0.717, 1.165) is 41.2 Å². The lowest BCUT2D eigenvalue weighted by Crippen LogP contribution is -2.02.